The van der Waals surface area contributed by atoms with Gasteiger partial charge in [-0.25, -0.2) is 28.7 Å². The molecule has 0 spiro atoms. The number of benzene rings is 1. The summed E-state index contributed by atoms with van der Waals surface area (Å²) in [4.78, 5) is 47.6. The van der Waals surface area contributed by atoms with Crippen molar-refractivity contribution in [3.63, 3.8) is 0 Å². The van der Waals surface area contributed by atoms with E-state index in [4.69, 9.17) is 16.6 Å². The van der Waals surface area contributed by atoms with Gasteiger partial charge in [0.2, 0.25) is 6.41 Å². The Morgan fingerprint density at radius 2 is 1.73 bits per heavy atom. The molecular formula is C29H31ClFN7O2. The van der Waals surface area contributed by atoms with E-state index in [1.54, 1.807) is 29.2 Å². The number of rotatable bonds is 6. The van der Waals surface area contributed by atoms with Gasteiger partial charge in [-0.15, -0.1) is 0 Å². The van der Waals surface area contributed by atoms with Gasteiger partial charge in [-0.3, -0.25) is 4.79 Å². The molecule has 208 valence electrons. The molecule has 4 heterocycles. The highest BCUT2D eigenvalue weighted by molar-refractivity contribution is 6.33. The van der Waals surface area contributed by atoms with Crippen LogP contribution in [0.3, 0.4) is 0 Å². The molecule has 1 saturated heterocycles. The van der Waals surface area contributed by atoms with E-state index in [1.165, 1.54) is 17.0 Å². The Kier molecular flexibility index (Phi) is 7.55. The molecule has 3 aromatic heterocycles. The largest absolute Gasteiger partial charge is 0.355 e. The van der Waals surface area contributed by atoms with Gasteiger partial charge in [0, 0.05) is 31.2 Å². The van der Waals surface area contributed by atoms with E-state index in [9.17, 15) is 14.0 Å². The fourth-order valence-electron chi connectivity index (χ4n) is 5.25. The molecule has 40 heavy (non-hydrogen) atoms. The van der Waals surface area contributed by atoms with Crippen LogP contribution in [0.5, 0.6) is 0 Å². The van der Waals surface area contributed by atoms with E-state index in [0.29, 0.717) is 47.9 Å². The van der Waals surface area contributed by atoms with Crippen LogP contribution in [0.25, 0.3) is 28.0 Å². The zero-order valence-electron chi connectivity index (χ0n) is 23.1. The molecule has 1 atom stereocenters. The minimum Gasteiger partial charge on any atom is -0.350 e. The van der Waals surface area contributed by atoms with Gasteiger partial charge < -0.3 is 9.80 Å². The van der Waals surface area contributed by atoms with Crippen molar-refractivity contribution in [2.45, 2.75) is 52.5 Å². The predicted octanol–water partition coefficient (Wildman–Crippen LogP) is 4.94. The van der Waals surface area contributed by atoms with Crippen LogP contribution in [0.1, 0.15) is 57.8 Å². The van der Waals surface area contributed by atoms with Gasteiger partial charge in [-0.2, -0.15) is 4.98 Å². The Balaban J connectivity index is 1.89. The predicted molar refractivity (Wildman–Crippen MR) is 154 cm³/mol. The summed E-state index contributed by atoms with van der Waals surface area (Å²) in [6.45, 7) is 11.4. The summed E-state index contributed by atoms with van der Waals surface area (Å²) in [5, 5.41) is 0.756. The highest BCUT2D eigenvalue weighted by Gasteiger charge is 2.30. The van der Waals surface area contributed by atoms with E-state index < -0.39 is 11.5 Å². The van der Waals surface area contributed by atoms with Gasteiger partial charge in [-0.05, 0) is 37.0 Å². The molecule has 11 heteroatoms. The minimum atomic E-state index is -0.555. The summed E-state index contributed by atoms with van der Waals surface area (Å²) in [7, 11) is 0. The monoisotopic (exact) mass is 563 g/mol. The second-order valence-electron chi connectivity index (χ2n) is 10.7. The molecule has 0 radical (unpaired) electrons. The van der Waals surface area contributed by atoms with Gasteiger partial charge in [0.15, 0.2) is 5.65 Å². The molecule has 1 amide bonds. The number of aromatic nitrogens is 5. The third-order valence-corrected chi connectivity index (χ3v) is 7.49. The second-order valence-corrected chi connectivity index (χ2v) is 11.1. The number of fused-ring (bicyclic) bond motifs is 1. The highest BCUT2D eigenvalue weighted by Crippen LogP contribution is 2.36. The van der Waals surface area contributed by atoms with Gasteiger partial charge in [0.25, 0.3) is 0 Å². The lowest BCUT2D eigenvalue weighted by Gasteiger charge is -2.39. The third kappa shape index (κ3) is 4.81. The molecule has 0 saturated carbocycles. The number of nitrogens with zero attached hydrogens (tertiary/aromatic N) is 7. The summed E-state index contributed by atoms with van der Waals surface area (Å²) in [6.07, 6.45) is 2.33. The van der Waals surface area contributed by atoms with E-state index in [1.807, 2.05) is 39.5 Å². The van der Waals surface area contributed by atoms with Crippen LogP contribution in [-0.4, -0.2) is 61.5 Å². The van der Waals surface area contributed by atoms with Gasteiger partial charge in [0.1, 0.15) is 18.0 Å². The molecule has 1 aliphatic rings. The normalized spacial score (nSPS) is 15.9. The molecule has 9 nitrogen and oxygen atoms in total. The number of halogens is 2. The Morgan fingerprint density at radius 3 is 2.33 bits per heavy atom. The van der Waals surface area contributed by atoms with Gasteiger partial charge in [-0.1, -0.05) is 51.4 Å². The van der Waals surface area contributed by atoms with Crippen LogP contribution < -0.4 is 10.6 Å². The summed E-state index contributed by atoms with van der Waals surface area (Å²) in [5.74, 6) is -0.136. The number of amides is 1. The number of carbonyl (C=O) groups is 1. The second kappa shape index (κ2) is 10.9. The van der Waals surface area contributed by atoms with Crippen molar-refractivity contribution in [3.05, 3.63) is 69.4 Å². The average Bonchev–Trinajstić information content (AvgIpc) is 2.92. The fourth-order valence-corrected chi connectivity index (χ4v) is 5.50. The van der Waals surface area contributed by atoms with Crippen molar-refractivity contribution < 1.29 is 9.18 Å². The lowest BCUT2D eigenvalue weighted by molar-refractivity contribution is -0.118. The maximum Gasteiger partial charge on any atom is 0.355 e. The molecule has 1 unspecified atom stereocenters. The molecule has 1 aliphatic heterocycles. The quantitative estimate of drug-likeness (QED) is 0.306. The molecule has 5 rings (SSSR count). The summed E-state index contributed by atoms with van der Waals surface area (Å²) in [5.41, 5.74) is 2.03. The number of anilines is 1. The number of carbonyl (C=O) groups excluding carboxylic acids is 1. The van der Waals surface area contributed by atoms with Crippen LogP contribution in [0.4, 0.5) is 10.2 Å². The Bertz CT molecular complexity index is 1630. The van der Waals surface area contributed by atoms with E-state index in [0.717, 1.165) is 6.41 Å². The first kappa shape index (κ1) is 27.6. The zero-order valence-corrected chi connectivity index (χ0v) is 23.9. The topological polar surface area (TPSA) is 97.1 Å². The number of piperazine rings is 1. The zero-order chi connectivity index (χ0) is 28.7. The van der Waals surface area contributed by atoms with Crippen molar-refractivity contribution in [1.82, 2.24) is 29.4 Å². The molecule has 4 aromatic rings. The van der Waals surface area contributed by atoms with Gasteiger partial charge >= 0.3 is 5.69 Å². The Labute approximate surface area is 236 Å². The van der Waals surface area contributed by atoms with Gasteiger partial charge in [0.05, 0.1) is 33.2 Å². The van der Waals surface area contributed by atoms with Crippen molar-refractivity contribution in [1.29, 1.82) is 0 Å². The summed E-state index contributed by atoms with van der Waals surface area (Å²) < 4.78 is 16.4. The number of hydrogen-bond acceptors (Lipinski definition) is 7. The van der Waals surface area contributed by atoms with Crippen molar-refractivity contribution >= 4 is 34.9 Å². The smallest absolute Gasteiger partial charge is 0.350 e. The van der Waals surface area contributed by atoms with Crippen LogP contribution in [0.2, 0.25) is 5.02 Å². The van der Waals surface area contributed by atoms with E-state index in [2.05, 4.69) is 15.0 Å². The molecule has 1 fully saturated rings. The molecule has 0 bridgehead atoms. The third-order valence-electron chi connectivity index (χ3n) is 7.21. The van der Waals surface area contributed by atoms with Crippen LogP contribution in [0, 0.1) is 5.82 Å². The first-order valence-electron chi connectivity index (χ1n) is 13.3. The Morgan fingerprint density at radius 1 is 1.05 bits per heavy atom. The SMILES string of the molecule is CC(C)c1ncnc(C(C)C)c1-n1c(=O)nc(N2CCN(C=O)CC2C)c2cc(Cl)c(-c3ccccc3F)nc21. The van der Waals surface area contributed by atoms with E-state index in [-0.39, 0.29) is 39.8 Å². The van der Waals surface area contributed by atoms with Crippen molar-refractivity contribution in [3.8, 4) is 16.9 Å². The lowest BCUT2D eigenvalue weighted by atomic mass is 10.0. The molecule has 0 N–H and O–H groups in total. The van der Waals surface area contributed by atoms with Crippen LogP contribution in [-0.2, 0) is 4.79 Å². The van der Waals surface area contributed by atoms with Crippen LogP contribution >= 0.6 is 11.6 Å². The highest BCUT2D eigenvalue weighted by atomic mass is 35.5. The lowest BCUT2D eigenvalue weighted by Crippen LogP contribution is -2.52. The first-order valence-corrected chi connectivity index (χ1v) is 13.7. The first-order chi connectivity index (χ1) is 19.1. The maximum atomic E-state index is 14.9. The average molecular weight is 564 g/mol. The van der Waals surface area contributed by atoms with Crippen molar-refractivity contribution in [2.75, 3.05) is 24.5 Å². The van der Waals surface area contributed by atoms with Crippen molar-refractivity contribution in [2.24, 2.45) is 0 Å². The Hall–Kier alpha value is -3.92. The maximum absolute atomic E-state index is 14.9. The number of pyridine rings is 1. The summed E-state index contributed by atoms with van der Waals surface area (Å²) in [6, 6.07) is 7.82. The minimum absolute atomic E-state index is 0.0353. The van der Waals surface area contributed by atoms with E-state index >= 15 is 0 Å². The molecule has 1 aromatic carbocycles. The standard InChI is InChI=1S/C29H31ClFN7O2/c1-16(2)23-26(24(17(3)4)33-14-32-23)38-28-20(12-21(30)25(34-28)19-8-6-7-9-22(19)31)27(35-29(38)40)37-11-10-36(15-39)13-18(37)5/h6-9,12,14-18H,10-11,13H2,1-5H3. The fraction of sp³-hybridized carbons (Fsp3) is 0.379. The number of hydrogen-bond donors (Lipinski definition) is 0. The molecule has 0 aliphatic carbocycles. The summed E-state index contributed by atoms with van der Waals surface area (Å²) >= 11 is 6.76. The molecular weight excluding hydrogens is 533 g/mol. The van der Waals surface area contributed by atoms with Crippen LogP contribution in [0.15, 0.2) is 41.5 Å².